The van der Waals surface area contributed by atoms with Crippen molar-refractivity contribution in [3.63, 3.8) is 0 Å². The van der Waals surface area contributed by atoms with E-state index in [0.717, 1.165) is 29.1 Å². The van der Waals surface area contributed by atoms with Crippen LogP contribution in [0.15, 0.2) is 77.1 Å². The van der Waals surface area contributed by atoms with E-state index >= 15 is 0 Å². The van der Waals surface area contributed by atoms with E-state index in [-0.39, 0.29) is 17.7 Å². The number of carbonyl (C=O) groups excluding carboxylic acids is 2. The van der Waals surface area contributed by atoms with E-state index in [0.29, 0.717) is 29.7 Å². The summed E-state index contributed by atoms with van der Waals surface area (Å²) < 4.78 is 10.2. The van der Waals surface area contributed by atoms with E-state index < -0.39 is 0 Å². The van der Waals surface area contributed by atoms with Gasteiger partial charge in [-0.05, 0) is 37.1 Å². The highest BCUT2D eigenvalue weighted by Crippen LogP contribution is 2.41. The summed E-state index contributed by atoms with van der Waals surface area (Å²) in [4.78, 5) is 24.5. The second-order valence-corrected chi connectivity index (χ2v) is 7.46. The summed E-state index contributed by atoms with van der Waals surface area (Å²) in [7, 11) is 3.00. The molecule has 6 nitrogen and oxygen atoms in total. The van der Waals surface area contributed by atoms with Gasteiger partial charge in [-0.1, -0.05) is 50.2 Å². The number of aromatic hydroxyl groups is 1. The lowest BCUT2D eigenvalue weighted by Gasteiger charge is -2.32. The van der Waals surface area contributed by atoms with Crippen molar-refractivity contribution in [1.29, 1.82) is 0 Å². The third-order valence-electron chi connectivity index (χ3n) is 5.49. The number of carbonyl (C=O) groups is 2. The van der Waals surface area contributed by atoms with Crippen LogP contribution in [-0.4, -0.2) is 31.1 Å². The molecule has 2 N–H and O–H groups in total. The molecule has 0 aromatic heterocycles. The molecular formula is C27H33NO5. The zero-order chi connectivity index (χ0) is 24.4. The maximum absolute atomic E-state index is 12.7. The average Bonchev–Trinajstić information content (AvgIpc) is 2.85. The number of allylic oxidation sites excluding steroid dienone is 3. The molecule has 1 aliphatic heterocycles. The van der Waals surface area contributed by atoms with Gasteiger partial charge in [-0.3, -0.25) is 4.79 Å². The summed E-state index contributed by atoms with van der Waals surface area (Å²) >= 11 is 0. The van der Waals surface area contributed by atoms with Crippen LogP contribution < -0.4 is 10.1 Å². The third-order valence-corrected chi connectivity index (χ3v) is 5.49. The first-order valence-corrected chi connectivity index (χ1v) is 11.1. The molecular weight excluding hydrogens is 418 g/mol. The number of rotatable bonds is 3. The van der Waals surface area contributed by atoms with Crippen molar-refractivity contribution in [2.45, 2.75) is 46.0 Å². The molecule has 0 saturated heterocycles. The number of nitrogens with one attached hydrogen (secondary N) is 1. The minimum absolute atomic E-state index is 0.0763. The van der Waals surface area contributed by atoms with Gasteiger partial charge in [0.1, 0.15) is 11.5 Å². The topological polar surface area (TPSA) is 84.9 Å². The number of benzene rings is 2. The van der Waals surface area contributed by atoms with E-state index in [4.69, 9.17) is 14.6 Å². The normalized spacial score (nSPS) is 16.9. The highest BCUT2D eigenvalue weighted by molar-refractivity contribution is 6.01. The molecule has 0 amide bonds. The predicted octanol–water partition coefficient (Wildman–Crippen LogP) is 5.25. The van der Waals surface area contributed by atoms with Crippen molar-refractivity contribution >= 4 is 11.8 Å². The Labute approximate surface area is 195 Å². The van der Waals surface area contributed by atoms with E-state index in [1.54, 1.807) is 31.4 Å². The smallest absolute Gasteiger partial charge is 0.335 e. The van der Waals surface area contributed by atoms with Gasteiger partial charge in [-0.25, -0.2) is 4.79 Å². The van der Waals surface area contributed by atoms with Crippen molar-refractivity contribution in [1.82, 2.24) is 5.32 Å². The number of hydrogen-bond donors (Lipinski definition) is 2. The molecule has 0 spiro atoms. The number of hydrogen-bond acceptors (Lipinski definition) is 6. The summed E-state index contributed by atoms with van der Waals surface area (Å²) in [5.41, 5.74) is 3.94. The first-order valence-electron chi connectivity index (χ1n) is 11.1. The molecule has 176 valence electrons. The van der Waals surface area contributed by atoms with Gasteiger partial charge < -0.3 is 19.9 Å². The molecule has 1 heterocycles. The number of para-hydroxylation sites is 2. The van der Waals surface area contributed by atoms with E-state index in [1.807, 2.05) is 51.1 Å². The lowest BCUT2D eigenvalue weighted by atomic mass is 9.78. The Hall–Kier alpha value is -3.54. The molecule has 1 unspecified atom stereocenters. The molecule has 2 aromatic carbocycles. The Balaban J connectivity index is 0.000000362. The van der Waals surface area contributed by atoms with Gasteiger partial charge in [0.05, 0.1) is 19.8 Å². The molecule has 6 heteroatoms. The minimum atomic E-state index is -0.383. The fourth-order valence-corrected chi connectivity index (χ4v) is 3.90. The molecule has 4 rings (SSSR count). The highest BCUT2D eigenvalue weighted by atomic mass is 16.5. The van der Waals surface area contributed by atoms with Gasteiger partial charge in [0.15, 0.2) is 5.78 Å². The van der Waals surface area contributed by atoms with Crippen LogP contribution in [0.4, 0.5) is 0 Å². The van der Waals surface area contributed by atoms with Crippen LogP contribution in [0.5, 0.6) is 11.5 Å². The number of esters is 1. The zero-order valence-corrected chi connectivity index (χ0v) is 20.0. The summed E-state index contributed by atoms with van der Waals surface area (Å²) in [6, 6.07) is 16.5. The zero-order valence-electron chi connectivity index (χ0n) is 20.0. The maximum atomic E-state index is 12.7. The van der Waals surface area contributed by atoms with E-state index in [2.05, 4.69) is 5.32 Å². The van der Waals surface area contributed by atoms with Crippen molar-refractivity contribution in [2.75, 3.05) is 14.2 Å². The van der Waals surface area contributed by atoms with Crippen LogP contribution in [0.3, 0.4) is 0 Å². The van der Waals surface area contributed by atoms with Gasteiger partial charge in [0, 0.05) is 35.7 Å². The van der Waals surface area contributed by atoms with Gasteiger partial charge in [-0.15, -0.1) is 0 Å². The van der Waals surface area contributed by atoms with Crippen molar-refractivity contribution in [3.05, 3.63) is 82.7 Å². The Morgan fingerprint density at radius 3 is 2.21 bits per heavy atom. The second kappa shape index (κ2) is 12.5. The highest BCUT2D eigenvalue weighted by Gasteiger charge is 2.34. The number of phenolic OH excluding ortho intramolecular Hbond substituents is 1. The maximum Gasteiger partial charge on any atom is 0.335 e. The molecule has 1 atom stereocenters. The largest absolute Gasteiger partial charge is 0.508 e. The van der Waals surface area contributed by atoms with Gasteiger partial charge in [0.2, 0.25) is 0 Å². The summed E-state index contributed by atoms with van der Waals surface area (Å²) in [6.07, 6.45) is 1.50. The molecule has 1 aliphatic carbocycles. The lowest BCUT2D eigenvalue weighted by molar-refractivity contribution is -0.136. The van der Waals surface area contributed by atoms with Crippen LogP contribution in [-0.2, 0) is 14.3 Å². The fourth-order valence-electron chi connectivity index (χ4n) is 3.90. The Kier molecular flexibility index (Phi) is 9.73. The van der Waals surface area contributed by atoms with Crippen molar-refractivity contribution < 1.29 is 24.2 Å². The SMILES string of the molecule is CC.COC(=O)C1=C(C)NC2=C(C1)C(=O)CC(c1ccccc1OC)C2.Oc1ccccc1. The van der Waals surface area contributed by atoms with Crippen LogP contribution in [0.2, 0.25) is 0 Å². The predicted molar refractivity (Wildman–Crippen MR) is 129 cm³/mol. The lowest BCUT2D eigenvalue weighted by Crippen LogP contribution is -2.31. The Morgan fingerprint density at radius 2 is 1.64 bits per heavy atom. The molecule has 0 saturated carbocycles. The van der Waals surface area contributed by atoms with Gasteiger partial charge in [0.25, 0.3) is 0 Å². The second-order valence-electron chi connectivity index (χ2n) is 7.46. The van der Waals surface area contributed by atoms with Crippen LogP contribution >= 0.6 is 0 Å². The standard InChI is InChI=1S/C19H21NO4.C6H6O.C2H6/c1-11-14(19(22)24-3)10-15-16(20-11)8-12(9-17(15)21)13-6-4-5-7-18(13)23-2;7-6-4-2-1-3-5-6;1-2/h4-7,12,20H,8-10H2,1-3H3;1-5,7H;1-2H3. The summed E-state index contributed by atoms with van der Waals surface area (Å²) in [6.45, 7) is 5.84. The number of phenols is 1. The Bertz CT molecular complexity index is 1020. The molecule has 0 fully saturated rings. The monoisotopic (exact) mass is 451 g/mol. The molecule has 2 aliphatic rings. The molecule has 0 radical (unpaired) electrons. The fraction of sp³-hybridized carbons (Fsp3) is 0.333. The van der Waals surface area contributed by atoms with Gasteiger partial charge in [-0.2, -0.15) is 0 Å². The number of methoxy groups -OCH3 is 2. The first kappa shape index (κ1) is 25.7. The number of ether oxygens (including phenoxy) is 2. The molecule has 33 heavy (non-hydrogen) atoms. The summed E-state index contributed by atoms with van der Waals surface area (Å²) in [5, 5.41) is 11.9. The molecule has 2 aromatic rings. The Morgan fingerprint density at radius 1 is 1.00 bits per heavy atom. The van der Waals surface area contributed by atoms with Crippen LogP contribution in [0, 0.1) is 0 Å². The van der Waals surface area contributed by atoms with Crippen LogP contribution in [0.1, 0.15) is 51.5 Å². The number of Topliss-reactive ketones (excluding diaryl/α,β-unsaturated/α-hetero) is 1. The van der Waals surface area contributed by atoms with Crippen molar-refractivity contribution in [3.8, 4) is 11.5 Å². The quantitative estimate of drug-likeness (QED) is 0.620. The number of dihydropyridines is 1. The first-order chi connectivity index (χ1) is 15.9. The van der Waals surface area contributed by atoms with E-state index in [1.165, 1.54) is 7.11 Å². The van der Waals surface area contributed by atoms with Gasteiger partial charge >= 0.3 is 5.97 Å². The summed E-state index contributed by atoms with van der Waals surface area (Å²) in [5.74, 6) is 0.896. The third kappa shape index (κ3) is 6.48. The number of ketones is 1. The van der Waals surface area contributed by atoms with E-state index in [9.17, 15) is 9.59 Å². The average molecular weight is 452 g/mol. The van der Waals surface area contributed by atoms with Crippen molar-refractivity contribution in [2.24, 2.45) is 0 Å². The minimum Gasteiger partial charge on any atom is -0.508 e. The molecule has 0 bridgehead atoms. The van der Waals surface area contributed by atoms with Crippen LogP contribution in [0.25, 0.3) is 0 Å².